The highest BCUT2D eigenvalue weighted by Crippen LogP contribution is 2.36. The number of nitrogens with one attached hydrogen (secondary N) is 1. The van der Waals surface area contributed by atoms with Crippen molar-refractivity contribution in [2.75, 3.05) is 13.2 Å². The molecule has 1 amide bonds. The van der Waals surface area contributed by atoms with Crippen molar-refractivity contribution in [1.82, 2.24) is 5.32 Å². The highest BCUT2D eigenvalue weighted by atomic mass is 28.4. The molecular weight excluding hydrogens is 470 g/mol. The minimum absolute atomic E-state index is 0.0110. The molecule has 1 atom stereocenters. The Balaban J connectivity index is 2.99. The fourth-order valence-electron chi connectivity index (χ4n) is 2.37. The summed E-state index contributed by atoms with van der Waals surface area (Å²) in [5.74, 6) is 4.46. The maximum Gasteiger partial charge on any atom is 0.408 e. The van der Waals surface area contributed by atoms with Crippen LogP contribution in [0.25, 0.3) is 0 Å². The molecule has 0 aliphatic rings. The van der Waals surface area contributed by atoms with Crippen LogP contribution in [0, 0.1) is 17.7 Å². The van der Waals surface area contributed by atoms with Gasteiger partial charge in [-0.25, -0.2) is 9.18 Å². The lowest BCUT2D eigenvalue weighted by atomic mass is 10.1. The Morgan fingerprint density at radius 2 is 1.71 bits per heavy atom. The molecule has 10 heteroatoms. The van der Waals surface area contributed by atoms with Crippen molar-refractivity contribution in [3.05, 3.63) is 29.6 Å². The quantitative estimate of drug-likeness (QED) is 0.201. The van der Waals surface area contributed by atoms with Crippen LogP contribution in [0.1, 0.15) is 53.5 Å². The Hall–Kier alpha value is -2.25. The topological polar surface area (TPSA) is 56.8 Å². The number of amides is 1. The molecule has 192 valence electrons. The van der Waals surface area contributed by atoms with Crippen molar-refractivity contribution in [3.8, 4) is 17.6 Å². The molecule has 0 bridgehead atoms. The van der Waals surface area contributed by atoms with Gasteiger partial charge in [-0.3, -0.25) is 0 Å². The second kappa shape index (κ2) is 11.4. The van der Waals surface area contributed by atoms with E-state index in [0.717, 1.165) is 12.1 Å². The highest BCUT2D eigenvalue weighted by Gasteiger charge is 2.37. The molecule has 0 saturated heterocycles. The fraction of sp³-hybridized carbons (Fsp3) is 0.625. The maximum atomic E-state index is 13.8. The van der Waals surface area contributed by atoms with Crippen LogP contribution in [0.4, 0.5) is 22.4 Å². The number of carbonyl (C=O) groups excluding carboxylic acids is 1. The lowest BCUT2D eigenvalue weighted by Crippen LogP contribution is -2.41. The van der Waals surface area contributed by atoms with Crippen molar-refractivity contribution in [2.24, 2.45) is 0 Å². The van der Waals surface area contributed by atoms with E-state index < -0.39 is 44.5 Å². The molecule has 0 heterocycles. The van der Waals surface area contributed by atoms with Gasteiger partial charge in [0.15, 0.2) is 8.32 Å². The molecule has 0 aromatic heterocycles. The summed E-state index contributed by atoms with van der Waals surface area (Å²) < 4.78 is 69.4. The summed E-state index contributed by atoms with van der Waals surface area (Å²) in [4.78, 5) is 12.0. The Morgan fingerprint density at radius 1 is 1.09 bits per heavy atom. The molecule has 0 fully saturated rings. The first-order chi connectivity index (χ1) is 15.3. The van der Waals surface area contributed by atoms with Crippen LogP contribution >= 0.6 is 0 Å². The lowest BCUT2D eigenvalue weighted by molar-refractivity contribution is -0.136. The number of alkyl halides is 3. The second-order valence-corrected chi connectivity index (χ2v) is 15.2. The maximum absolute atomic E-state index is 13.8. The largest absolute Gasteiger partial charge is 0.490 e. The van der Waals surface area contributed by atoms with Crippen molar-refractivity contribution >= 4 is 14.4 Å². The van der Waals surface area contributed by atoms with Gasteiger partial charge in [0.05, 0.1) is 18.6 Å². The van der Waals surface area contributed by atoms with Gasteiger partial charge in [0.25, 0.3) is 0 Å². The van der Waals surface area contributed by atoms with E-state index >= 15 is 0 Å². The zero-order chi connectivity index (χ0) is 26.4. The Bertz CT molecular complexity index is 893. The first-order valence-corrected chi connectivity index (χ1v) is 13.8. The zero-order valence-corrected chi connectivity index (χ0v) is 22.1. The van der Waals surface area contributed by atoms with Crippen LogP contribution in [0.2, 0.25) is 18.1 Å². The predicted molar refractivity (Wildman–Crippen MR) is 126 cm³/mol. The van der Waals surface area contributed by atoms with E-state index in [1.54, 1.807) is 20.8 Å². The standard InChI is InChI=1S/C24H35F4NO4Si/c1-22(2,3)33-21(30)29-19(16-24(26,27)28)12-10-17-9-11-18(25)15-20(17)31-13-14-32-34(7,8)23(4,5)6/h9,11,15,19H,13-14,16H2,1-8H3,(H,29,30). The molecule has 1 N–H and O–H groups in total. The predicted octanol–water partition coefficient (Wildman–Crippen LogP) is 6.42. The molecular formula is C24H35F4NO4Si. The van der Waals surface area contributed by atoms with Gasteiger partial charge in [-0.15, -0.1) is 0 Å². The van der Waals surface area contributed by atoms with Crippen molar-refractivity contribution in [3.63, 3.8) is 0 Å². The third-order valence-electron chi connectivity index (χ3n) is 5.06. The average Bonchev–Trinajstić information content (AvgIpc) is 2.60. The molecule has 34 heavy (non-hydrogen) atoms. The van der Waals surface area contributed by atoms with Crippen LogP contribution in [0.15, 0.2) is 18.2 Å². The molecule has 0 aliphatic heterocycles. The third-order valence-corrected chi connectivity index (χ3v) is 9.60. The molecule has 1 rings (SSSR count). The van der Waals surface area contributed by atoms with Gasteiger partial charge in [-0.1, -0.05) is 32.6 Å². The second-order valence-electron chi connectivity index (χ2n) is 10.4. The molecule has 0 spiro atoms. The number of alkyl carbamates (subject to hydrolysis) is 1. The van der Waals surface area contributed by atoms with Gasteiger partial charge < -0.3 is 19.2 Å². The van der Waals surface area contributed by atoms with Crippen LogP contribution in [0.3, 0.4) is 0 Å². The monoisotopic (exact) mass is 505 g/mol. The smallest absolute Gasteiger partial charge is 0.408 e. The Morgan fingerprint density at radius 3 is 2.24 bits per heavy atom. The van der Waals surface area contributed by atoms with Gasteiger partial charge in [0.1, 0.15) is 29.8 Å². The number of benzene rings is 1. The fourth-order valence-corrected chi connectivity index (χ4v) is 3.39. The van der Waals surface area contributed by atoms with Crippen LogP contribution in [-0.2, 0) is 9.16 Å². The number of hydrogen-bond acceptors (Lipinski definition) is 4. The van der Waals surface area contributed by atoms with Gasteiger partial charge in [-0.05, 0) is 51.0 Å². The third kappa shape index (κ3) is 11.2. The summed E-state index contributed by atoms with van der Waals surface area (Å²) in [6.45, 7) is 15.6. The van der Waals surface area contributed by atoms with Crippen LogP contribution in [0.5, 0.6) is 5.75 Å². The summed E-state index contributed by atoms with van der Waals surface area (Å²) in [6, 6.07) is 1.99. The van der Waals surface area contributed by atoms with E-state index in [1.807, 2.05) is 0 Å². The number of halogens is 4. The van der Waals surface area contributed by atoms with Crippen molar-refractivity contribution < 1.29 is 36.3 Å². The summed E-state index contributed by atoms with van der Waals surface area (Å²) >= 11 is 0. The molecule has 1 unspecified atom stereocenters. The Kier molecular flexibility index (Phi) is 10.0. The summed E-state index contributed by atoms with van der Waals surface area (Å²) in [6.07, 6.45) is -6.97. The molecule has 5 nitrogen and oxygen atoms in total. The van der Waals surface area contributed by atoms with Crippen molar-refractivity contribution in [2.45, 2.75) is 83.9 Å². The van der Waals surface area contributed by atoms with Gasteiger partial charge in [-0.2, -0.15) is 13.2 Å². The average molecular weight is 506 g/mol. The van der Waals surface area contributed by atoms with E-state index in [1.165, 1.54) is 6.07 Å². The Labute approximate surface area is 200 Å². The summed E-state index contributed by atoms with van der Waals surface area (Å²) in [7, 11) is -1.99. The zero-order valence-electron chi connectivity index (χ0n) is 21.1. The van der Waals surface area contributed by atoms with Gasteiger partial charge in [0.2, 0.25) is 0 Å². The molecule has 0 aliphatic carbocycles. The van der Waals surface area contributed by atoms with E-state index in [4.69, 9.17) is 13.9 Å². The van der Waals surface area contributed by atoms with E-state index in [9.17, 15) is 22.4 Å². The minimum atomic E-state index is -4.57. The molecule has 0 saturated carbocycles. The summed E-state index contributed by atoms with van der Waals surface area (Å²) in [5, 5.41) is 2.14. The number of hydrogen-bond donors (Lipinski definition) is 1. The molecule has 1 aromatic carbocycles. The van der Waals surface area contributed by atoms with Gasteiger partial charge in [0, 0.05) is 6.07 Å². The molecule has 1 aromatic rings. The first-order valence-electron chi connectivity index (χ1n) is 10.9. The highest BCUT2D eigenvalue weighted by molar-refractivity contribution is 6.74. The number of ether oxygens (including phenoxy) is 2. The summed E-state index contributed by atoms with van der Waals surface area (Å²) in [5.41, 5.74) is -0.697. The van der Waals surface area contributed by atoms with Crippen LogP contribution in [-0.4, -0.2) is 45.4 Å². The van der Waals surface area contributed by atoms with Crippen molar-refractivity contribution in [1.29, 1.82) is 0 Å². The normalized spacial score (nSPS) is 13.5. The minimum Gasteiger partial charge on any atom is -0.490 e. The van der Waals surface area contributed by atoms with Gasteiger partial charge >= 0.3 is 12.3 Å². The number of carbonyl (C=O) groups is 1. The van der Waals surface area contributed by atoms with E-state index in [-0.39, 0.29) is 29.6 Å². The molecule has 0 radical (unpaired) electrons. The van der Waals surface area contributed by atoms with E-state index in [2.05, 4.69) is 51.0 Å². The number of rotatable bonds is 7. The van der Waals surface area contributed by atoms with E-state index in [0.29, 0.717) is 0 Å². The first kappa shape index (κ1) is 29.8. The lowest BCUT2D eigenvalue weighted by Gasteiger charge is -2.36. The SMILES string of the molecule is CC(C)(C)OC(=O)NC(C#Cc1ccc(F)cc1OCCO[Si](C)(C)C(C)(C)C)CC(F)(F)F. The van der Waals surface area contributed by atoms with Crippen LogP contribution < -0.4 is 10.1 Å².